The lowest BCUT2D eigenvalue weighted by molar-refractivity contribution is 0.152. The summed E-state index contributed by atoms with van der Waals surface area (Å²) in [6.07, 6.45) is 11.2. The molecular weight excluding hydrogens is 394 g/mol. The molecule has 3 heterocycles. The summed E-state index contributed by atoms with van der Waals surface area (Å²) in [5.41, 5.74) is 2.77. The quantitative estimate of drug-likeness (QED) is 0.337. The summed E-state index contributed by atoms with van der Waals surface area (Å²) >= 11 is 0. The Balaban J connectivity index is 1.51. The van der Waals surface area contributed by atoms with E-state index in [9.17, 15) is 0 Å². The SMILES string of the molecule is CCOCCN/C=C(\C=N)c1ccc(-n2nnc3cnc(NC4CCCC4)nc32)nc1. The third kappa shape index (κ3) is 5.02. The molecule has 0 spiro atoms. The molecule has 0 aromatic carbocycles. The number of hydrogen-bond acceptors (Lipinski definition) is 9. The Labute approximate surface area is 180 Å². The first kappa shape index (κ1) is 20.9. The molecule has 0 radical (unpaired) electrons. The summed E-state index contributed by atoms with van der Waals surface area (Å²) in [6.45, 7) is 3.95. The number of ether oxygens (including phenoxy) is 1. The molecule has 0 amide bonds. The van der Waals surface area contributed by atoms with Crippen LogP contribution >= 0.6 is 0 Å². The largest absolute Gasteiger partial charge is 0.388 e. The second kappa shape index (κ2) is 10.1. The molecular formula is C21H27N9O. The zero-order valence-electron chi connectivity index (χ0n) is 17.6. The summed E-state index contributed by atoms with van der Waals surface area (Å²) in [6, 6.07) is 4.16. The van der Waals surface area contributed by atoms with Gasteiger partial charge < -0.3 is 20.8 Å². The first-order chi connectivity index (χ1) is 15.3. The number of nitrogens with one attached hydrogen (secondary N) is 3. The van der Waals surface area contributed by atoms with Crippen LogP contribution in [0.25, 0.3) is 22.6 Å². The first-order valence-corrected chi connectivity index (χ1v) is 10.6. The van der Waals surface area contributed by atoms with Gasteiger partial charge >= 0.3 is 0 Å². The molecule has 162 valence electrons. The van der Waals surface area contributed by atoms with Gasteiger partial charge in [0.2, 0.25) is 5.95 Å². The van der Waals surface area contributed by atoms with E-state index in [2.05, 4.69) is 35.9 Å². The molecule has 4 rings (SSSR count). The van der Waals surface area contributed by atoms with Crippen molar-refractivity contribution in [2.75, 3.05) is 25.1 Å². The fourth-order valence-corrected chi connectivity index (χ4v) is 3.55. The van der Waals surface area contributed by atoms with Crippen LogP contribution in [0.4, 0.5) is 5.95 Å². The molecule has 0 aliphatic heterocycles. The van der Waals surface area contributed by atoms with E-state index >= 15 is 0 Å². The van der Waals surface area contributed by atoms with E-state index in [0.717, 1.165) is 24.0 Å². The highest BCUT2D eigenvalue weighted by atomic mass is 16.5. The summed E-state index contributed by atoms with van der Waals surface area (Å²) in [7, 11) is 0. The van der Waals surface area contributed by atoms with Crippen LogP contribution in [0.5, 0.6) is 0 Å². The molecule has 0 unspecified atom stereocenters. The molecule has 10 heteroatoms. The van der Waals surface area contributed by atoms with Gasteiger partial charge in [0.1, 0.15) is 0 Å². The number of pyridine rings is 1. The maximum atomic E-state index is 7.69. The van der Waals surface area contributed by atoms with E-state index in [0.29, 0.717) is 48.7 Å². The Hall–Kier alpha value is -3.40. The van der Waals surface area contributed by atoms with Crippen molar-refractivity contribution in [3.05, 3.63) is 36.3 Å². The third-order valence-corrected chi connectivity index (χ3v) is 5.19. The van der Waals surface area contributed by atoms with Crippen LogP contribution in [0.3, 0.4) is 0 Å². The first-order valence-electron chi connectivity index (χ1n) is 10.6. The minimum atomic E-state index is 0.424. The van der Waals surface area contributed by atoms with Crippen molar-refractivity contribution in [3.8, 4) is 5.82 Å². The van der Waals surface area contributed by atoms with Gasteiger partial charge in [0.25, 0.3) is 0 Å². The van der Waals surface area contributed by atoms with Crippen LogP contribution in [0.1, 0.15) is 38.2 Å². The highest BCUT2D eigenvalue weighted by Gasteiger charge is 2.17. The van der Waals surface area contributed by atoms with Crippen molar-refractivity contribution in [1.29, 1.82) is 5.41 Å². The lowest BCUT2D eigenvalue weighted by Crippen LogP contribution is -2.16. The second-order valence-corrected chi connectivity index (χ2v) is 7.33. The number of aromatic nitrogens is 6. The van der Waals surface area contributed by atoms with Gasteiger partial charge in [-0.05, 0) is 31.9 Å². The van der Waals surface area contributed by atoms with Gasteiger partial charge in [-0.15, -0.1) is 5.10 Å². The zero-order valence-corrected chi connectivity index (χ0v) is 17.6. The Morgan fingerprint density at radius 2 is 2.13 bits per heavy atom. The Morgan fingerprint density at radius 3 is 2.87 bits per heavy atom. The van der Waals surface area contributed by atoms with E-state index in [1.165, 1.54) is 19.1 Å². The summed E-state index contributed by atoms with van der Waals surface area (Å²) in [5, 5.41) is 22.6. The van der Waals surface area contributed by atoms with E-state index < -0.39 is 0 Å². The molecule has 1 aliphatic carbocycles. The number of anilines is 1. The molecule has 1 aliphatic rings. The molecule has 31 heavy (non-hydrogen) atoms. The number of rotatable bonds is 10. The Kier molecular flexibility index (Phi) is 6.78. The van der Waals surface area contributed by atoms with Crippen molar-refractivity contribution >= 4 is 28.9 Å². The van der Waals surface area contributed by atoms with Gasteiger partial charge in [0, 0.05) is 48.9 Å². The van der Waals surface area contributed by atoms with Crippen LogP contribution in [-0.4, -0.2) is 62.0 Å². The third-order valence-electron chi connectivity index (χ3n) is 5.19. The van der Waals surface area contributed by atoms with Crippen molar-refractivity contribution in [3.63, 3.8) is 0 Å². The molecule has 3 aromatic heterocycles. The topological polar surface area (TPSA) is 127 Å². The fourth-order valence-electron chi connectivity index (χ4n) is 3.55. The molecule has 3 N–H and O–H groups in total. The number of hydrogen-bond donors (Lipinski definition) is 3. The summed E-state index contributed by atoms with van der Waals surface area (Å²) in [4.78, 5) is 13.5. The van der Waals surface area contributed by atoms with Gasteiger partial charge in [0.05, 0.1) is 12.8 Å². The van der Waals surface area contributed by atoms with Crippen LogP contribution in [0.15, 0.2) is 30.7 Å². The smallest absolute Gasteiger partial charge is 0.225 e. The molecule has 1 saturated carbocycles. The normalized spacial score (nSPS) is 14.8. The zero-order chi connectivity index (χ0) is 21.5. The van der Waals surface area contributed by atoms with Crippen molar-refractivity contribution in [1.82, 2.24) is 35.3 Å². The van der Waals surface area contributed by atoms with Gasteiger partial charge in [-0.1, -0.05) is 18.1 Å². The van der Waals surface area contributed by atoms with Crippen LogP contribution in [0, 0.1) is 5.41 Å². The summed E-state index contributed by atoms with van der Waals surface area (Å²) < 4.78 is 6.91. The van der Waals surface area contributed by atoms with Crippen LogP contribution in [-0.2, 0) is 4.74 Å². The average molecular weight is 422 g/mol. The monoisotopic (exact) mass is 421 g/mol. The standard InChI is InChI=1S/C21H27N9O/c1-2-31-10-9-23-12-16(11-22)15-7-8-19(24-13-15)30-20-18(28-29-30)14-25-21(27-20)26-17-5-3-4-6-17/h7-8,11-14,17,22-23H,2-6,9-10H2,1H3,(H,25,26,27)/b16-12+,22-11?. The van der Waals surface area contributed by atoms with E-state index in [-0.39, 0.29) is 0 Å². The Morgan fingerprint density at radius 1 is 1.26 bits per heavy atom. The van der Waals surface area contributed by atoms with E-state index in [1.807, 2.05) is 19.1 Å². The van der Waals surface area contributed by atoms with Crippen molar-refractivity contribution in [2.24, 2.45) is 0 Å². The maximum absolute atomic E-state index is 7.69. The van der Waals surface area contributed by atoms with Crippen LogP contribution < -0.4 is 10.6 Å². The molecule has 3 aromatic rings. The summed E-state index contributed by atoms with van der Waals surface area (Å²) in [5.74, 6) is 1.19. The van der Waals surface area contributed by atoms with E-state index in [4.69, 9.17) is 10.1 Å². The molecule has 0 bridgehead atoms. The lowest BCUT2D eigenvalue weighted by atomic mass is 10.1. The minimum Gasteiger partial charge on any atom is -0.388 e. The number of allylic oxidation sites excluding steroid dienone is 1. The maximum Gasteiger partial charge on any atom is 0.225 e. The molecule has 10 nitrogen and oxygen atoms in total. The van der Waals surface area contributed by atoms with Crippen LogP contribution in [0.2, 0.25) is 0 Å². The van der Waals surface area contributed by atoms with E-state index in [1.54, 1.807) is 23.3 Å². The van der Waals surface area contributed by atoms with Gasteiger partial charge in [0.15, 0.2) is 17.0 Å². The predicted molar refractivity (Wildman–Crippen MR) is 119 cm³/mol. The van der Waals surface area contributed by atoms with Gasteiger partial charge in [-0.25, -0.2) is 9.97 Å². The highest BCUT2D eigenvalue weighted by molar-refractivity contribution is 6.08. The molecule has 0 saturated heterocycles. The lowest BCUT2D eigenvalue weighted by Gasteiger charge is -2.11. The fraction of sp³-hybridized carbons (Fsp3) is 0.429. The minimum absolute atomic E-state index is 0.424. The number of fused-ring (bicyclic) bond motifs is 1. The van der Waals surface area contributed by atoms with Gasteiger partial charge in [-0.2, -0.15) is 9.67 Å². The van der Waals surface area contributed by atoms with Crippen molar-refractivity contribution in [2.45, 2.75) is 38.6 Å². The average Bonchev–Trinajstić information content (AvgIpc) is 3.46. The van der Waals surface area contributed by atoms with Gasteiger partial charge in [-0.3, -0.25) is 0 Å². The Bertz CT molecular complexity index is 1040. The highest BCUT2D eigenvalue weighted by Crippen LogP contribution is 2.22. The number of nitrogens with zero attached hydrogens (tertiary/aromatic N) is 6. The second-order valence-electron chi connectivity index (χ2n) is 7.33. The molecule has 1 fully saturated rings. The molecule has 0 atom stereocenters. The predicted octanol–water partition coefficient (Wildman–Crippen LogP) is 2.58. The van der Waals surface area contributed by atoms with Crippen molar-refractivity contribution < 1.29 is 4.74 Å².